The number of tetrazole rings is 1. The number of nitrogens with two attached hydrogens (primary N) is 1. The molecule has 1 aliphatic carbocycles. The highest BCUT2D eigenvalue weighted by Crippen LogP contribution is 2.36. The lowest BCUT2D eigenvalue weighted by atomic mass is 9.87. The van der Waals surface area contributed by atoms with Crippen molar-refractivity contribution in [1.82, 2.24) is 20.2 Å². The molecule has 20 heavy (non-hydrogen) atoms. The van der Waals surface area contributed by atoms with Gasteiger partial charge in [-0.2, -0.15) is 0 Å². The minimum absolute atomic E-state index is 0.386. The predicted octanol–water partition coefficient (Wildman–Crippen LogP) is 3.44. The molecule has 1 aromatic heterocycles. The van der Waals surface area contributed by atoms with Crippen molar-refractivity contribution in [3.63, 3.8) is 0 Å². The van der Waals surface area contributed by atoms with Crippen LogP contribution in [-0.2, 0) is 0 Å². The molecule has 1 aromatic carbocycles. The first-order valence-electron chi connectivity index (χ1n) is 6.99. The first-order valence-corrected chi connectivity index (χ1v) is 7.78. The molecule has 1 fully saturated rings. The van der Waals surface area contributed by atoms with Crippen LogP contribution in [0.15, 0.2) is 22.7 Å². The molecule has 2 unspecified atom stereocenters. The number of aromatic nitrogens is 4. The number of anilines is 1. The van der Waals surface area contributed by atoms with Gasteiger partial charge < -0.3 is 5.73 Å². The zero-order chi connectivity index (χ0) is 14.1. The highest BCUT2D eigenvalue weighted by atomic mass is 79.9. The van der Waals surface area contributed by atoms with Gasteiger partial charge in [0.25, 0.3) is 0 Å². The number of rotatable bonds is 2. The number of hydrogen-bond acceptors (Lipinski definition) is 4. The van der Waals surface area contributed by atoms with Crippen molar-refractivity contribution in [3.05, 3.63) is 22.7 Å². The molecule has 0 spiro atoms. The monoisotopic (exact) mass is 335 g/mol. The Bertz CT molecular complexity index is 609. The van der Waals surface area contributed by atoms with Crippen molar-refractivity contribution in [1.29, 1.82) is 0 Å². The molecular formula is C14H18BrN5. The molecule has 0 aliphatic heterocycles. The molecule has 106 valence electrons. The molecule has 1 heterocycles. The van der Waals surface area contributed by atoms with Gasteiger partial charge in [0, 0.05) is 11.3 Å². The van der Waals surface area contributed by atoms with Crippen LogP contribution < -0.4 is 5.73 Å². The minimum atomic E-state index is 0.386. The Labute approximate surface area is 126 Å². The van der Waals surface area contributed by atoms with Crippen LogP contribution in [0.1, 0.15) is 38.6 Å². The maximum atomic E-state index is 5.95. The zero-order valence-corrected chi connectivity index (χ0v) is 13.0. The maximum Gasteiger partial charge on any atom is 0.183 e. The first kappa shape index (κ1) is 13.5. The Morgan fingerprint density at radius 2 is 2.20 bits per heavy atom. The molecule has 2 aromatic rings. The second kappa shape index (κ2) is 5.52. The highest BCUT2D eigenvalue weighted by molar-refractivity contribution is 9.10. The molecule has 1 aliphatic rings. The van der Waals surface area contributed by atoms with Crippen molar-refractivity contribution in [3.8, 4) is 11.4 Å². The van der Waals surface area contributed by atoms with E-state index in [9.17, 15) is 0 Å². The summed E-state index contributed by atoms with van der Waals surface area (Å²) < 4.78 is 2.83. The molecule has 1 saturated carbocycles. The van der Waals surface area contributed by atoms with Crippen LogP contribution in [0.4, 0.5) is 5.69 Å². The molecule has 2 atom stereocenters. The van der Waals surface area contributed by atoms with E-state index in [0.29, 0.717) is 11.7 Å². The second-order valence-corrected chi connectivity index (χ2v) is 6.37. The van der Waals surface area contributed by atoms with Crippen LogP contribution in [0, 0.1) is 5.92 Å². The average molecular weight is 336 g/mol. The van der Waals surface area contributed by atoms with Gasteiger partial charge in [-0.05, 0) is 57.2 Å². The number of hydrogen-bond donors (Lipinski definition) is 1. The third kappa shape index (κ3) is 2.44. The second-order valence-electron chi connectivity index (χ2n) is 5.58. The predicted molar refractivity (Wildman–Crippen MR) is 82.0 cm³/mol. The Kier molecular flexibility index (Phi) is 3.74. The van der Waals surface area contributed by atoms with Crippen LogP contribution in [0.25, 0.3) is 11.4 Å². The molecule has 2 N–H and O–H groups in total. The summed E-state index contributed by atoms with van der Waals surface area (Å²) in [5.74, 6) is 1.53. The molecule has 0 saturated heterocycles. The van der Waals surface area contributed by atoms with Gasteiger partial charge in [0.15, 0.2) is 5.82 Å². The van der Waals surface area contributed by atoms with E-state index in [2.05, 4.69) is 38.4 Å². The zero-order valence-electron chi connectivity index (χ0n) is 11.5. The summed E-state index contributed by atoms with van der Waals surface area (Å²) in [6, 6.07) is 6.18. The van der Waals surface area contributed by atoms with Crippen molar-refractivity contribution in [2.45, 2.75) is 38.6 Å². The summed E-state index contributed by atoms with van der Waals surface area (Å²) >= 11 is 3.54. The van der Waals surface area contributed by atoms with Gasteiger partial charge in [0.1, 0.15) is 0 Å². The van der Waals surface area contributed by atoms with E-state index in [-0.39, 0.29) is 0 Å². The maximum absolute atomic E-state index is 5.95. The summed E-state index contributed by atoms with van der Waals surface area (Å²) in [6.45, 7) is 2.30. The quantitative estimate of drug-likeness (QED) is 0.853. The van der Waals surface area contributed by atoms with Gasteiger partial charge in [-0.1, -0.05) is 25.8 Å². The third-order valence-electron chi connectivity index (χ3n) is 4.02. The fourth-order valence-electron chi connectivity index (χ4n) is 2.96. The number of benzene rings is 1. The fourth-order valence-corrected chi connectivity index (χ4v) is 3.41. The van der Waals surface area contributed by atoms with E-state index >= 15 is 0 Å². The summed E-state index contributed by atoms with van der Waals surface area (Å²) in [6.07, 6.45) is 4.82. The Hall–Kier alpha value is -1.43. The molecule has 3 rings (SSSR count). The Balaban J connectivity index is 1.99. The summed E-state index contributed by atoms with van der Waals surface area (Å²) in [4.78, 5) is 0. The van der Waals surface area contributed by atoms with Gasteiger partial charge in [-0.3, -0.25) is 0 Å². The van der Waals surface area contributed by atoms with Gasteiger partial charge in [-0.15, -0.1) is 5.10 Å². The third-order valence-corrected chi connectivity index (χ3v) is 4.90. The van der Waals surface area contributed by atoms with E-state index in [0.717, 1.165) is 34.6 Å². The van der Waals surface area contributed by atoms with Crippen LogP contribution in [0.5, 0.6) is 0 Å². The van der Waals surface area contributed by atoms with Crippen LogP contribution in [0.3, 0.4) is 0 Å². The lowest BCUT2D eigenvalue weighted by molar-refractivity contribution is 0.265. The van der Waals surface area contributed by atoms with E-state index in [1.807, 2.05) is 22.9 Å². The van der Waals surface area contributed by atoms with Crippen molar-refractivity contribution < 1.29 is 0 Å². The normalized spacial score (nSPS) is 22.9. The van der Waals surface area contributed by atoms with Crippen molar-refractivity contribution in [2.24, 2.45) is 5.92 Å². The van der Waals surface area contributed by atoms with E-state index < -0.39 is 0 Å². The lowest BCUT2D eigenvalue weighted by Crippen LogP contribution is -2.19. The van der Waals surface area contributed by atoms with E-state index in [1.54, 1.807) is 0 Å². The minimum Gasteiger partial charge on any atom is -0.398 e. The van der Waals surface area contributed by atoms with Crippen LogP contribution >= 0.6 is 15.9 Å². The highest BCUT2D eigenvalue weighted by Gasteiger charge is 2.25. The fraction of sp³-hybridized carbons (Fsp3) is 0.500. The molecular weight excluding hydrogens is 318 g/mol. The molecule has 5 nitrogen and oxygen atoms in total. The van der Waals surface area contributed by atoms with Crippen LogP contribution in [-0.4, -0.2) is 20.2 Å². The van der Waals surface area contributed by atoms with Gasteiger partial charge in [0.2, 0.25) is 0 Å². The molecule has 0 amide bonds. The van der Waals surface area contributed by atoms with E-state index in [1.165, 1.54) is 12.8 Å². The number of nitrogen functional groups attached to an aromatic ring is 1. The largest absolute Gasteiger partial charge is 0.398 e. The average Bonchev–Trinajstić information content (AvgIpc) is 2.91. The SMILES string of the molecule is CC1CCCC(n2nnnc2-c2cccc(N)c2Br)C1. The Morgan fingerprint density at radius 1 is 1.35 bits per heavy atom. The number of halogens is 1. The standard InChI is InChI=1S/C14H18BrN5/c1-9-4-2-5-10(8-9)20-14(17-18-19-20)11-6-3-7-12(16)13(11)15/h3,6-7,9-10H,2,4-5,8,16H2,1H3. The van der Waals surface area contributed by atoms with Gasteiger partial charge in [0.05, 0.1) is 10.5 Å². The smallest absolute Gasteiger partial charge is 0.183 e. The van der Waals surface area contributed by atoms with Gasteiger partial charge >= 0.3 is 0 Å². The molecule has 0 bridgehead atoms. The summed E-state index contributed by atoms with van der Waals surface area (Å²) in [7, 11) is 0. The Morgan fingerprint density at radius 3 is 3.00 bits per heavy atom. The van der Waals surface area contributed by atoms with Crippen LogP contribution in [0.2, 0.25) is 0 Å². The van der Waals surface area contributed by atoms with Crippen molar-refractivity contribution >= 4 is 21.6 Å². The first-order chi connectivity index (χ1) is 9.66. The summed E-state index contributed by atoms with van der Waals surface area (Å²) in [5, 5.41) is 12.3. The molecule has 6 heteroatoms. The number of nitrogens with zero attached hydrogens (tertiary/aromatic N) is 4. The van der Waals surface area contributed by atoms with Crippen molar-refractivity contribution in [2.75, 3.05) is 5.73 Å². The summed E-state index contributed by atoms with van der Waals surface area (Å²) in [5.41, 5.74) is 7.61. The lowest BCUT2D eigenvalue weighted by Gasteiger charge is -2.27. The van der Waals surface area contributed by atoms with Gasteiger partial charge in [-0.25, -0.2) is 4.68 Å². The molecule has 0 radical (unpaired) electrons. The van der Waals surface area contributed by atoms with E-state index in [4.69, 9.17) is 5.73 Å². The topological polar surface area (TPSA) is 69.6 Å².